The number of nitrogens with one attached hydrogen (secondary N) is 2. The average molecular weight is 224 g/mol. The van der Waals surface area contributed by atoms with E-state index in [1.807, 2.05) is 6.92 Å². The molecule has 0 saturated carbocycles. The smallest absolute Gasteiger partial charge is 0.321 e. The van der Waals surface area contributed by atoms with Crippen LogP contribution in [0.25, 0.3) is 0 Å². The van der Waals surface area contributed by atoms with Crippen molar-refractivity contribution in [1.29, 1.82) is 0 Å². The molecule has 1 aromatic rings. The van der Waals surface area contributed by atoms with E-state index in [1.165, 1.54) is 11.3 Å². The number of nitrogens with zero attached hydrogens (tertiary/aromatic N) is 1. The Bertz CT molecular complexity index is 390. The molecule has 15 heavy (non-hydrogen) atoms. The van der Waals surface area contributed by atoms with Crippen molar-refractivity contribution in [2.24, 2.45) is 5.73 Å². The van der Waals surface area contributed by atoms with Gasteiger partial charge in [0.1, 0.15) is 0 Å². The predicted octanol–water partition coefficient (Wildman–Crippen LogP) is 0.595. The molecule has 80 valence electrons. The number of aromatic nitrogens is 1. The summed E-state index contributed by atoms with van der Waals surface area (Å²) in [5.41, 5.74) is 5.23. The highest BCUT2D eigenvalue weighted by molar-refractivity contribution is 7.16. The number of nitrogens with two attached hydrogens (primary N) is 1. The molecule has 5 nitrogen and oxygen atoms in total. The molecule has 0 unspecified atom stereocenters. The second-order valence-corrected chi connectivity index (χ2v) is 3.55. The Morgan fingerprint density at radius 3 is 3.20 bits per heavy atom. The summed E-state index contributed by atoms with van der Waals surface area (Å²) in [6.07, 6.45) is 1.61. The van der Waals surface area contributed by atoms with Crippen LogP contribution in [0.2, 0.25) is 0 Å². The summed E-state index contributed by atoms with van der Waals surface area (Å²) in [6, 6.07) is -0.259. The monoisotopic (exact) mass is 224 g/mol. The fraction of sp³-hybridized carbons (Fsp3) is 0.333. The van der Waals surface area contributed by atoms with E-state index in [2.05, 4.69) is 27.5 Å². The first-order valence-electron chi connectivity index (χ1n) is 4.46. The minimum absolute atomic E-state index is 0.259. The van der Waals surface area contributed by atoms with Crippen LogP contribution in [0, 0.1) is 11.8 Å². The number of amides is 2. The molecule has 6 heteroatoms. The van der Waals surface area contributed by atoms with Crippen LogP contribution < -0.4 is 16.4 Å². The third kappa shape index (κ3) is 3.97. The molecule has 1 rings (SSSR count). The lowest BCUT2D eigenvalue weighted by atomic mass is 10.5. The second kappa shape index (κ2) is 6.01. The number of hydrogen-bond acceptors (Lipinski definition) is 4. The molecule has 0 aliphatic carbocycles. The second-order valence-electron chi connectivity index (χ2n) is 2.52. The zero-order valence-electron chi connectivity index (χ0n) is 8.33. The molecule has 1 heterocycles. The van der Waals surface area contributed by atoms with E-state index < -0.39 is 0 Å². The van der Waals surface area contributed by atoms with Crippen molar-refractivity contribution in [3.05, 3.63) is 11.1 Å². The van der Waals surface area contributed by atoms with Crippen molar-refractivity contribution in [2.75, 3.05) is 18.4 Å². The molecule has 0 fully saturated rings. The summed E-state index contributed by atoms with van der Waals surface area (Å²) in [5.74, 6) is 5.56. The summed E-state index contributed by atoms with van der Waals surface area (Å²) in [6.45, 7) is 2.74. The van der Waals surface area contributed by atoms with Gasteiger partial charge in [0, 0.05) is 6.54 Å². The topological polar surface area (TPSA) is 80.0 Å². The highest BCUT2D eigenvalue weighted by Crippen LogP contribution is 2.16. The highest BCUT2D eigenvalue weighted by Gasteiger charge is 2.03. The quantitative estimate of drug-likeness (QED) is 0.643. The summed E-state index contributed by atoms with van der Waals surface area (Å²) in [7, 11) is 0. The molecule has 0 bridgehead atoms. The van der Waals surface area contributed by atoms with Gasteiger partial charge in [-0.3, -0.25) is 5.32 Å². The predicted molar refractivity (Wildman–Crippen MR) is 60.7 cm³/mol. The number of carbonyl (C=O) groups excluding carboxylic acids is 1. The maximum absolute atomic E-state index is 11.1. The van der Waals surface area contributed by atoms with Crippen LogP contribution in [-0.4, -0.2) is 24.1 Å². The molecular weight excluding hydrogens is 212 g/mol. The van der Waals surface area contributed by atoms with Gasteiger partial charge >= 0.3 is 6.03 Å². The number of hydrogen-bond donors (Lipinski definition) is 3. The summed E-state index contributed by atoms with van der Waals surface area (Å²) >= 11 is 1.31. The van der Waals surface area contributed by atoms with E-state index in [9.17, 15) is 4.79 Å². The van der Waals surface area contributed by atoms with Crippen LogP contribution in [-0.2, 0) is 0 Å². The molecule has 0 aliphatic heterocycles. The Labute approximate surface area is 92.1 Å². The average Bonchev–Trinajstić information content (AvgIpc) is 2.63. The lowest BCUT2D eigenvalue weighted by molar-refractivity contribution is 0.252. The minimum Gasteiger partial charge on any atom is -0.338 e. The van der Waals surface area contributed by atoms with Gasteiger partial charge in [0.25, 0.3) is 0 Å². The van der Waals surface area contributed by atoms with Gasteiger partial charge in [-0.2, -0.15) is 0 Å². The molecule has 0 aromatic carbocycles. The standard InChI is InChI=1S/C9H12N4OS/c1-2-11-8(14)13-9-12-6-7(15-9)4-3-5-10/h6H,2,5,10H2,1H3,(H2,11,12,13,14). The number of thiazole rings is 1. The van der Waals surface area contributed by atoms with Crippen LogP contribution in [0.1, 0.15) is 11.8 Å². The highest BCUT2D eigenvalue weighted by atomic mass is 32.1. The van der Waals surface area contributed by atoms with Crippen molar-refractivity contribution >= 4 is 22.5 Å². The van der Waals surface area contributed by atoms with E-state index in [-0.39, 0.29) is 6.03 Å². The molecule has 2 amide bonds. The first kappa shape index (κ1) is 11.5. The third-order valence-corrected chi connectivity index (χ3v) is 2.21. The van der Waals surface area contributed by atoms with Gasteiger partial charge in [0.15, 0.2) is 5.13 Å². The van der Waals surface area contributed by atoms with E-state index >= 15 is 0 Å². The number of rotatable bonds is 2. The molecule has 1 aromatic heterocycles. The van der Waals surface area contributed by atoms with Gasteiger partial charge in [-0.05, 0) is 6.92 Å². The Morgan fingerprint density at radius 1 is 1.73 bits per heavy atom. The van der Waals surface area contributed by atoms with Crippen molar-refractivity contribution in [3.8, 4) is 11.8 Å². The lowest BCUT2D eigenvalue weighted by Crippen LogP contribution is -2.28. The first-order chi connectivity index (χ1) is 7.26. The summed E-state index contributed by atoms with van der Waals surface area (Å²) in [4.78, 5) is 15.9. The fourth-order valence-corrected chi connectivity index (χ4v) is 1.52. The molecule has 0 aliphatic rings. The Morgan fingerprint density at radius 2 is 2.53 bits per heavy atom. The van der Waals surface area contributed by atoms with Crippen molar-refractivity contribution in [2.45, 2.75) is 6.92 Å². The van der Waals surface area contributed by atoms with Crippen LogP contribution in [0.4, 0.5) is 9.93 Å². The Balaban J connectivity index is 2.56. The maximum atomic E-state index is 11.1. The van der Waals surface area contributed by atoms with E-state index in [0.717, 1.165) is 4.88 Å². The molecule has 4 N–H and O–H groups in total. The minimum atomic E-state index is -0.259. The number of anilines is 1. The van der Waals surface area contributed by atoms with Gasteiger partial charge in [-0.15, -0.1) is 0 Å². The summed E-state index contributed by atoms with van der Waals surface area (Å²) in [5, 5.41) is 5.73. The first-order valence-corrected chi connectivity index (χ1v) is 5.27. The van der Waals surface area contributed by atoms with Crippen LogP contribution in [0.3, 0.4) is 0 Å². The van der Waals surface area contributed by atoms with Crippen molar-refractivity contribution < 1.29 is 4.79 Å². The summed E-state index contributed by atoms with van der Waals surface area (Å²) < 4.78 is 0. The molecule has 0 spiro atoms. The zero-order chi connectivity index (χ0) is 11.1. The molecular formula is C9H12N4OS. The molecule has 0 atom stereocenters. The zero-order valence-corrected chi connectivity index (χ0v) is 9.15. The van der Waals surface area contributed by atoms with Crippen molar-refractivity contribution in [3.63, 3.8) is 0 Å². The van der Waals surface area contributed by atoms with E-state index in [4.69, 9.17) is 5.73 Å². The third-order valence-electron chi connectivity index (χ3n) is 1.38. The van der Waals surface area contributed by atoms with Gasteiger partial charge < -0.3 is 11.1 Å². The van der Waals surface area contributed by atoms with Crippen molar-refractivity contribution in [1.82, 2.24) is 10.3 Å². The number of carbonyl (C=O) groups is 1. The number of urea groups is 1. The van der Waals surface area contributed by atoms with E-state index in [0.29, 0.717) is 18.2 Å². The SMILES string of the molecule is CCNC(=O)Nc1ncc(C#CCN)s1. The maximum Gasteiger partial charge on any atom is 0.321 e. The largest absolute Gasteiger partial charge is 0.338 e. The molecule has 0 radical (unpaired) electrons. The Hall–Kier alpha value is -1.58. The molecule has 0 saturated heterocycles. The Kier molecular flexibility index (Phi) is 4.60. The van der Waals surface area contributed by atoms with Gasteiger partial charge in [0.2, 0.25) is 0 Å². The normalized spacial score (nSPS) is 8.93. The lowest BCUT2D eigenvalue weighted by Gasteiger charge is -2.00. The van der Waals surface area contributed by atoms with Crippen LogP contribution >= 0.6 is 11.3 Å². The van der Waals surface area contributed by atoms with Gasteiger partial charge in [-0.25, -0.2) is 9.78 Å². The fourth-order valence-electron chi connectivity index (χ4n) is 0.830. The van der Waals surface area contributed by atoms with Crippen LogP contribution in [0.15, 0.2) is 6.20 Å². The van der Waals surface area contributed by atoms with Crippen LogP contribution in [0.5, 0.6) is 0 Å². The van der Waals surface area contributed by atoms with Gasteiger partial charge in [0.05, 0.1) is 17.6 Å². The van der Waals surface area contributed by atoms with Gasteiger partial charge in [-0.1, -0.05) is 23.2 Å². The van der Waals surface area contributed by atoms with E-state index in [1.54, 1.807) is 6.20 Å².